The van der Waals surface area contributed by atoms with Gasteiger partial charge in [-0.2, -0.15) is 0 Å². The lowest BCUT2D eigenvalue weighted by Crippen LogP contribution is -2.52. The highest BCUT2D eigenvalue weighted by atomic mass is 32.2. The van der Waals surface area contributed by atoms with Gasteiger partial charge in [0, 0.05) is 37.1 Å². The summed E-state index contributed by atoms with van der Waals surface area (Å²) in [6.07, 6.45) is 3.24. The normalized spacial score (nSPS) is 20.6. The van der Waals surface area contributed by atoms with Crippen LogP contribution in [-0.2, 0) is 11.2 Å². The quantitative estimate of drug-likeness (QED) is 0.508. The van der Waals surface area contributed by atoms with Crippen LogP contribution < -0.4 is 4.74 Å². The molecule has 33 heavy (non-hydrogen) atoms. The second-order valence-corrected chi connectivity index (χ2v) is 12.1. The minimum absolute atomic E-state index is 0.0205. The predicted octanol–water partition coefficient (Wildman–Crippen LogP) is 5.93. The van der Waals surface area contributed by atoms with Gasteiger partial charge in [0.25, 0.3) is 5.91 Å². The Labute approximate surface area is 199 Å². The molecule has 2 aromatic carbocycles. The Kier molecular flexibility index (Phi) is 7.06. The van der Waals surface area contributed by atoms with Crippen LogP contribution in [0.1, 0.15) is 75.2 Å². The first-order chi connectivity index (χ1) is 15.7. The van der Waals surface area contributed by atoms with Gasteiger partial charge in [0.05, 0.1) is 0 Å². The lowest BCUT2D eigenvalue weighted by atomic mass is 9.74. The first-order valence-corrected chi connectivity index (χ1v) is 13.2. The molecule has 0 aliphatic carbocycles. The summed E-state index contributed by atoms with van der Waals surface area (Å²) in [4.78, 5) is 15.7. The van der Waals surface area contributed by atoms with Crippen LogP contribution in [0.4, 0.5) is 4.39 Å². The Balaban J connectivity index is 1.46. The molecule has 1 amide bonds. The summed E-state index contributed by atoms with van der Waals surface area (Å²) in [5.41, 5.74) is 1.16. The number of amides is 1. The van der Waals surface area contributed by atoms with E-state index >= 15 is 0 Å². The van der Waals surface area contributed by atoms with E-state index in [-0.39, 0.29) is 22.9 Å². The zero-order valence-electron chi connectivity index (χ0n) is 20.0. The molecule has 0 saturated carbocycles. The van der Waals surface area contributed by atoms with Crippen LogP contribution in [0.15, 0.2) is 47.4 Å². The minimum atomic E-state index is -1.07. The van der Waals surface area contributed by atoms with Crippen molar-refractivity contribution in [2.75, 3.05) is 13.1 Å². The second kappa shape index (κ2) is 9.67. The highest BCUT2D eigenvalue weighted by Gasteiger charge is 2.44. The van der Waals surface area contributed by atoms with Gasteiger partial charge >= 0.3 is 0 Å². The Morgan fingerprint density at radius 1 is 1.15 bits per heavy atom. The topological polar surface area (TPSA) is 52.6 Å². The number of carbonyl (C=O) groups excluding carboxylic acids is 1. The summed E-state index contributed by atoms with van der Waals surface area (Å²) in [7, 11) is 0. The van der Waals surface area contributed by atoms with E-state index in [1.807, 2.05) is 24.8 Å². The number of nitrogens with zero attached hydrogens (tertiary/aromatic N) is 1. The molecule has 2 aliphatic heterocycles. The average molecular weight is 472 g/mol. The zero-order chi connectivity index (χ0) is 23.8. The van der Waals surface area contributed by atoms with Gasteiger partial charge in [-0.3, -0.25) is 4.79 Å². The summed E-state index contributed by atoms with van der Waals surface area (Å²) in [6, 6.07) is 12.3. The molecule has 6 heteroatoms. The van der Waals surface area contributed by atoms with E-state index in [1.54, 1.807) is 30.3 Å². The zero-order valence-corrected chi connectivity index (χ0v) is 20.8. The molecule has 0 radical (unpaired) electrons. The molecule has 2 atom stereocenters. The Hall–Kier alpha value is -2.05. The van der Waals surface area contributed by atoms with Crippen molar-refractivity contribution in [2.24, 2.45) is 5.92 Å². The number of benzene rings is 2. The molecule has 1 saturated heterocycles. The van der Waals surface area contributed by atoms with Crippen molar-refractivity contribution in [1.82, 2.24) is 4.90 Å². The molecule has 2 heterocycles. The first-order valence-electron chi connectivity index (χ1n) is 12.0. The molecule has 2 aliphatic rings. The van der Waals surface area contributed by atoms with E-state index in [2.05, 4.69) is 13.8 Å². The number of likely N-dealkylation sites (tertiary alicyclic amines) is 1. The Morgan fingerprint density at radius 3 is 2.42 bits per heavy atom. The molecule has 0 aromatic heterocycles. The van der Waals surface area contributed by atoms with Crippen molar-refractivity contribution in [3.05, 3.63) is 59.4 Å². The van der Waals surface area contributed by atoms with Gasteiger partial charge in [-0.05, 0) is 80.0 Å². The maximum atomic E-state index is 14.7. The van der Waals surface area contributed by atoms with Crippen LogP contribution in [0.3, 0.4) is 0 Å². The highest BCUT2D eigenvalue weighted by molar-refractivity contribution is 7.92. The molecule has 2 unspecified atom stereocenters. The van der Waals surface area contributed by atoms with Gasteiger partial charge in [0.15, 0.2) is 16.5 Å². The molecule has 0 N–H and O–H groups in total. The van der Waals surface area contributed by atoms with Crippen molar-refractivity contribution < 1.29 is 18.5 Å². The molecule has 4 rings (SSSR count). The largest absolute Gasteiger partial charge is 0.611 e. The van der Waals surface area contributed by atoms with E-state index in [0.29, 0.717) is 43.2 Å². The number of carbonyl (C=O) groups is 1. The summed E-state index contributed by atoms with van der Waals surface area (Å²) >= 11 is -1.07. The molecular weight excluding hydrogens is 437 g/mol. The van der Waals surface area contributed by atoms with Crippen LogP contribution in [0.2, 0.25) is 0 Å². The number of rotatable bonds is 5. The lowest BCUT2D eigenvalue weighted by Gasteiger charge is -2.47. The van der Waals surface area contributed by atoms with Crippen LogP contribution >= 0.6 is 0 Å². The van der Waals surface area contributed by atoms with Crippen molar-refractivity contribution in [1.29, 1.82) is 0 Å². The number of fused-ring (bicyclic) bond motifs is 1. The van der Waals surface area contributed by atoms with Crippen molar-refractivity contribution in [3.63, 3.8) is 0 Å². The SMILES string of the molecule is CC(C)CC1CC2(CCN(C(=O)c3ccc([S+]([O-])C(C)C)cc3)CC2)Oc2c(F)cccc21. The average Bonchev–Trinajstić information content (AvgIpc) is 2.79. The van der Waals surface area contributed by atoms with Crippen LogP contribution in [0.5, 0.6) is 5.75 Å². The second-order valence-electron chi connectivity index (χ2n) is 10.1. The molecule has 2 aromatic rings. The summed E-state index contributed by atoms with van der Waals surface area (Å²) in [5.74, 6) is 0.866. The fraction of sp³-hybridized carbons (Fsp3) is 0.519. The van der Waals surface area contributed by atoms with Crippen LogP contribution in [0, 0.1) is 11.7 Å². The van der Waals surface area contributed by atoms with Crippen LogP contribution in [-0.4, -0.2) is 39.3 Å². The number of piperidine rings is 1. The minimum Gasteiger partial charge on any atom is -0.611 e. The van der Waals surface area contributed by atoms with E-state index < -0.39 is 16.8 Å². The maximum Gasteiger partial charge on any atom is 0.253 e. The third-order valence-electron chi connectivity index (χ3n) is 6.85. The fourth-order valence-corrected chi connectivity index (χ4v) is 6.11. The molecule has 178 valence electrons. The maximum absolute atomic E-state index is 14.7. The summed E-state index contributed by atoms with van der Waals surface area (Å²) in [5, 5.41) is 0.0369. The van der Waals surface area contributed by atoms with E-state index in [0.717, 1.165) is 23.3 Å². The molecule has 0 bridgehead atoms. The summed E-state index contributed by atoms with van der Waals surface area (Å²) in [6.45, 7) is 9.40. The Morgan fingerprint density at radius 2 is 1.82 bits per heavy atom. The van der Waals surface area contributed by atoms with Gasteiger partial charge in [0.1, 0.15) is 10.9 Å². The molecule has 1 spiro atoms. The van der Waals surface area contributed by atoms with Crippen molar-refractivity contribution in [2.45, 2.75) is 75.0 Å². The lowest BCUT2D eigenvalue weighted by molar-refractivity contribution is -0.0224. The Bertz CT molecular complexity index is 983. The number of ether oxygens (including phenoxy) is 1. The molecule has 4 nitrogen and oxygen atoms in total. The van der Waals surface area contributed by atoms with E-state index in [1.165, 1.54) is 6.07 Å². The third-order valence-corrected chi connectivity index (χ3v) is 8.45. The highest BCUT2D eigenvalue weighted by Crippen LogP contribution is 2.48. The van der Waals surface area contributed by atoms with Gasteiger partial charge in [-0.1, -0.05) is 26.0 Å². The monoisotopic (exact) mass is 471 g/mol. The fourth-order valence-electron chi connectivity index (χ4n) is 5.16. The number of para-hydroxylation sites is 1. The van der Waals surface area contributed by atoms with E-state index in [9.17, 15) is 13.7 Å². The van der Waals surface area contributed by atoms with Crippen LogP contribution in [0.25, 0.3) is 0 Å². The number of hydrogen-bond acceptors (Lipinski definition) is 3. The third kappa shape index (κ3) is 5.07. The molecule has 1 fully saturated rings. The predicted molar refractivity (Wildman–Crippen MR) is 130 cm³/mol. The van der Waals surface area contributed by atoms with E-state index in [4.69, 9.17) is 4.74 Å². The van der Waals surface area contributed by atoms with Crippen molar-refractivity contribution >= 4 is 17.1 Å². The van der Waals surface area contributed by atoms with Crippen molar-refractivity contribution in [3.8, 4) is 5.75 Å². The van der Waals surface area contributed by atoms with Gasteiger partial charge in [0.2, 0.25) is 0 Å². The standard InChI is InChI=1S/C27H34FNO3S/c1-18(2)16-21-17-27(32-25-23(21)6-5-7-24(25)28)12-14-29(15-13-27)26(30)20-8-10-22(11-9-20)33(31)19(3)4/h5-11,18-19,21H,12-17H2,1-4H3. The first kappa shape index (κ1) is 24.1. The molecular formula is C27H34FNO3S. The smallest absolute Gasteiger partial charge is 0.253 e. The number of hydrogen-bond donors (Lipinski definition) is 0. The van der Waals surface area contributed by atoms with Gasteiger partial charge in [-0.15, -0.1) is 0 Å². The number of halogens is 1. The van der Waals surface area contributed by atoms with Gasteiger partial charge in [-0.25, -0.2) is 4.39 Å². The van der Waals surface area contributed by atoms with Gasteiger partial charge < -0.3 is 14.2 Å². The summed E-state index contributed by atoms with van der Waals surface area (Å²) < 4.78 is 33.3.